The van der Waals surface area contributed by atoms with Gasteiger partial charge in [-0.3, -0.25) is 0 Å². The molecule has 3 N–H and O–H groups in total. The van der Waals surface area contributed by atoms with E-state index in [0.717, 1.165) is 10.6 Å². The van der Waals surface area contributed by atoms with Gasteiger partial charge in [0.2, 0.25) is 0 Å². The molecule has 0 bridgehead atoms. The molecule has 0 aromatic carbocycles. The van der Waals surface area contributed by atoms with Crippen molar-refractivity contribution in [3.8, 4) is 0 Å². The Hall–Kier alpha value is -2.61. The average molecular weight is 332 g/mol. The first-order valence-corrected chi connectivity index (χ1v) is 7.73. The number of nitrogens with zero attached hydrogens (tertiary/aromatic N) is 3. The van der Waals surface area contributed by atoms with E-state index in [-0.39, 0.29) is 5.56 Å². The molecule has 2 atom stereocenters. The number of aliphatic hydroxyl groups excluding tert-OH is 1. The van der Waals surface area contributed by atoms with Gasteiger partial charge in [-0.15, -0.1) is 5.06 Å². The van der Waals surface area contributed by atoms with Crippen LogP contribution < -0.4 is 5.73 Å². The van der Waals surface area contributed by atoms with Gasteiger partial charge in [-0.1, -0.05) is 13.8 Å². The number of primary amides is 1. The van der Waals surface area contributed by atoms with E-state index in [1.165, 1.54) is 10.7 Å². The number of rotatable bonds is 2. The van der Waals surface area contributed by atoms with Gasteiger partial charge in [0.1, 0.15) is 0 Å². The maximum atomic E-state index is 12.4. The molecule has 0 spiro atoms. The maximum absolute atomic E-state index is 12.4. The summed E-state index contributed by atoms with van der Waals surface area (Å²) in [6.07, 6.45) is 3.54. The van der Waals surface area contributed by atoms with Crippen molar-refractivity contribution in [1.29, 1.82) is 0 Å². The van der Waals surface area contributed by atoms with E-state index >= 15 is 0 Å². The lowest BCUT2D eigenvalue weighted by atomic mass is 9.85. The van der Waals surface area contributed by atoms with Crippen LogP contribution in [0.4, 0.5) is 4.79 Å². The van der Waals surface area contributed by atoms with Gasteiger partial charge in [0.05, 0.1) is 23.2 Å². The van der Waals surface area contributed by atoms with Crippen molar-refractivity contribution in [3.63, 3.8) is 0 Å². The van der Waals surface area contributed by atoms with Gasteiger partial charge in [0.25, 0.3) is 0 Å². The van der Waals surface area contributed by atoms with E-state index in [9.17, 15) is 14.7 Å². The molecule has 1 fully saturated rings. The van der Waals surface area contributed by atoms with Gasteiger partial charge >= 0.3 is 12.0 Å². The fourth-order valence-electron chi connectivity index (χ4n) is 3.16. The summed E-state index contributed by atoms with van der Waals surface area (Å²) < 4.78 is 1.54. The molecule has 3 rings (SSSR count). The first-order valence-electron chi connectivity index (χ1n) is 7.73. The van der Waals surface area contributed by atoms with Crippen LogP contribution in [0.5, 0.6) is 0 Å². The Morgan fingerprint density at radius 1 is 1.46 bits per heavy atom. The first kappa shape index (κ1) is 16.3. The van der Waals surface area contributed by atoms with Crippen LogP contribution in [0, 0.1) is 5.41 Å². The zero-order valence-corrected chi connectivity index (χ0v) is 13.5. The highest BCUT2D eigenvalue weighted by molar-refractivity contribution is 5.91. The van der Waals surface area contributed by atoms with E-state index in [4.69, 9.17) is 10.6 Å². The third kappa shape index (κ3) is 2.69. The molecule has 2 heterocycles. The molecule has 24 heavy (non-hydrogen) atoms. The smallest absolute Gasteiger partial charge is 0.364 e. The van der Waals surface area contributed by atoms with Gasteiger partial charge in [-0.25, -0.2) is 14.1 Å². The summed E-state index contributed by atoms with van der Waals surface area (Å²) in [4.78, 5) is 29.5. The Morgan fingerprint density at radius 2 is 2.21 bits per heavy atom. The van der Waals surface area contributed by atoms with Crippen molar-refractivity contribution >= 4 is 17.5 Å². The van der Waals surface area contributed by atoms with E-state index < -0.39 is 29.6 Å². The number of hydroxylamine groups is 2. The summed E-state index contributed by atoms with van der Waals surface area (Å²) in [5.74, 6) is -0.698. The molecule has 8 heteroatoms. The molecule has 2 aromatic heterocycles. The van der Waals surface area contributed by atoms with Gasteiger partial charge in [0.15, 0.2) is 0 Å². The predicted molar refractivity (Wildman–Crippen MR) is 84.8 cm³/mol. The summed E-state index contributed by atoms with van der Waals surface area (Å²) in [7, 11) is 0. The van der Waals surface area contributed by atoms with Crippen LogP contribution in [-0.4, -0.2) is 43.9 Å². The monoisotopic (exact) mass is 332 g/mol. The lowest BCUT2D eigenvalue weighted by Crippen LogP contribution is -2.51. The van der Waals surface area contributed by atoms with E-state index in [1.54, 1.807) is 24.4 Å². The quantitative estimate of drug-likeness (QED) is 0.806. The van der Waals surface area contributed by atoms with Gasteiger partial charge in [0, 0.05) is 17.8 Å². The standard InChI is InChI=1S/C16H20N4O4/c1-16(2)12(5-6-13(16)21)20(15(17)23)24-14(22)10-8-11-4-3-7-18-19(11)9-10/h3-4,7-9,12-13,21H,5-6H2,1-2H3,(H2,17,23). The number of carbonyl (C=O) groups is 2. The molecule has 0 radical (unpaired) electrons. The molecule has 2 aromatic rings. The summed E-state index contributed by atoms with van der Waals surface area (Å²) in [5.41, 5.74) is 5.76. The molecule has 1 saturated carbocycles. The molecule has 2 unspecified atom stereocenters. The molecule has 1 aliphatic rings. The largest absolute Gasteiger partial charge is 0.392 e. The number of carbonyl (C=O) groups excluding carboxylic acids is 2. The van der Waals surface area contributed by atoms with Crippen LogP contribution in [0.2, 0.25) is 0 Å². The molecule has 0 aliphatic heterocycles. The van der Waals surface area contributed by atoms with E-state index in [1.807, 2.05) is 13.8 Å². The Balaban J connectivity index is 1.83. The van der Waals surface area contributed by atoms with Gasteiger partial charge < -0.3 is 15.7 Å². The van der Waals surface area contributed by atoms with Crippen molar-refractivity contribution in [3.05, 3.63) is 36.2 Å². The SMILES string of the molecule is CC1(C)C(O)CCC1N(OC(=O)c1cc2cccnn2c1)C(N)=O. The molecule has 1 aliphatic carbocycles. The average Bonchev–Trinajstić information content (AvgIpc) is 3.07. The maximum Gasteiger partial charge on any atom is 0.364 e. The molecule has 128 valence electrons. The summed E-state index contributed by atoms with van der Waals surface area (Å²) in [5, 5.41) is 15.0. The summed E-state index contributed by atoms with van der Waals surface area (Å²) >= 11 is 0. The van der Waals surface area contributed by atoms with Crippen molar-refractivity contribution in [1.82, 2.24) is 14.7 Å². The van der Waals surface area contributed by atoms with Crippen LogP contribution in [0.15, 0.2) is 30.6 Å². The fraction of sp³-hybridized carbons (Fsp3) is 0.438. The highest BCUT2D eigenvalue weighted by Crippen LogP contribution is 2.41. The Labute approximate surface area is 138 Å². The summed E-state index contributed by atoms with van der Waals surface area (Å²) in [6, 6.07) is 3.82. The number of urea groups is 1. The Bertz CT molecular complexity index is 752. The van der Waals surface area contributed by atoms with Crippen molar-refractivity contribution in [2.45, 2.75) is 38.8 Å². The van der Waals surface area contributed by atoms with Crippen molar-refractivity contribution in [2.24, 2.45) is 11.1 Å². The van der Waals surface area contributed by atoms with Crippen LogP contribution in [0.25, 0.3) is 5.52 Å². The minimum atomic E-state index is -0.864. The fourth-order valence-corrected chi connectivity index (χ4v) is 3.16. The third-order valence-electron chi connectivity index (χ3n) is 4.72. The minimum Gasteiger partial charge on any atom is -0.392 e. The Kier molecular flexibility index (Phi) is 3.92. The van der Waals surface area contributed by atoms with Crippen molar-refractivity contribution < 1.29 is 19.5 Å². The van der Waals surface area contributed by atoms with Gasteiger partial charge in [-0.2, -0.15) is 5.10 Å². The van der Waals surface area contributed by atoms with Crippen molar-refractivity contribution in [2.75, 3.05) is 0 Å². The first-order chi connectivity index (χ1) is 11.3. The zero-order chi connectivity index (χ0) is 17.5. The molecule has 8 nitrogen and oxygen atoms in total. The lowest BCUT2D eigenvalue weighted by Gasteiger charge is -2.35. The second-order valence-electron chi connectivity index (χ2n) is 6.59. The highest BCUT2D eigenvalue weighted by Gasteiger charge is 2.48. The van der Waals surface area contributed by atoms with Crippen LogP contribution in [-0.2, 0) is 4.84 Å². The number of amides is 2. The Morgan fingerprint density at radius 3 is 2.79 bits per heavy atom. The predicted octanol–water partition coefficient (Wildman–Crippen LogP) is 1.34. The minimum absolute atomic E-state index is 0.260. The zero-order valence-electron chi connectivity index (χ0n) is 13.5. The topological polar surface area (TPSA) is 110 Å². The second kappa shape index (κ2) is 5.79. The van der Waals surface area contributed by atoms with Crippen LogP contribution in [0.3, 0.4) is 0 Å². The number of hydrogen-bond donors (Lipinski definition) is 2. The molecular weight excluding hydrogens is 312 g/mol. The van der Waals surface area contributed by atoms with E-state index in [0.29, 0.717) is 12.8 Å². The number of aromatic nitrogens is 2. The third-order valence-corrected chi connectivity index (χ3v) is 4.72. The number of hydrogen-bond acceptors (Lipinski definition) is 5. The molecule has 0 saturated heterocycles. The molecular formula is C16H20N4O4. The lowest BCUT2D eigenvalue weighted by molar-refractivity contribution is -0.123. The molecule has 2 amide bonds. The van der Waals surface area contributed by atoms with Gasteiger partial charge in [-0.05, 0) is 31.0 Å². The second-order valence-corrected chi connectivity index (χ2v) is 6.59. The number of aliphatic hydroxyl groups is 1. The number of nitrogens with two attached hydrogens (primary N) is 1. The highest BCUT2D eigenvalue weighted by atomic mass is 16.7. The van der Waals surface area contributed by atoms with Crippen LogP contribution in [0.1, 0.15) is 37.0 Å². The number of fused-ring (bicyclic) bond motifs is 1. The summed E-state index contributed by atoms with van der Waals surface area (Å²) in [6.45, 7) is 3.63. The van der Waals surface area contributed by atoms with E-state index in [2.05, 4.69) is 5.10 Å². The van der Waals surface area contributed by atoms with Crippen LogP contribution >= 0.6 is 0 Å². The normalized spacial score (nSPS) is 22.5.